The summed E-state index contributed by atoms with van der Waals surface area (Å²) in [7, 11) is 0. The normalized spacial score (nSPS) is 20.6. The van der Waals surface area contributed by atoms with Crippen LogP contribution in [-0.2, 0) is 16.1 Å². The summed E-state index contributed by atoms with van der Waals surface area (Å²) in [6.07, 6.45) is 2.04. The van der Waals surface area contributed by atoms with Crippen molar-refractivity contribution >= 4 is 23.4 Å². The number of carbonyl (C=O) groups is 3. The third-order valence-corrected chi connectivity index (χ3v) is 5.35. The molecule has 0 radical (unpaired) electrons. The van der Waals surface area contributed by atoms with E-state index >= 15 is 0 Å². The van der Waals surface area contributed by atoms with E-state index in [0.29, 0.717) is 17.8 Å². The Morgan fingerprint density at radius 2 is 1.82 bits per heavy atom. The molecule has 0 saturated carbocycles. The van der Waals surface area contributed by atoms with E-state index in [2.05, 4.69) is 11.9 Å². The lowest BCUT2D eigenvalue weighted by Gasteiger charge is -2.48. The summed E-state index contributed by atoms with van der Waals surface area (Å²) in [6.45, 7) is 4.23. The van der Waals surface area contributed by atoms with Gasteiger partial charge in [-0.2, -0.15) is 0 Å². The molecule has 6 heteroatoms. The average molecular weight is 375 g/mol. The van der Waals surface area contributed by atoms with Crippen molar-refractivity contribution in [2.24, 2.45) is 0 Å². The maximum atomic E-state index is 13.4. The van der Waals surface area contributed by atoms with Crippen LogP contribution in [0.1, 0.15) is 28.8 Å². The van der Waals surface area contributed by atoms with Crippen LogP contribution in [0.25, 0.3) is 0 Å². The molecule has 1 atom stereocenters. The van der Waals surface area contributed by atoms with Gasteiger partial charge in [0.1, 0.15) is 0 Å². The monoisotopic (exact) mass is 375 g/mol. The van der Waals surface area contributed by atoms with E-state index in [1.54, 1.807) is 30.3 Å². The Labute approximate surface area is 163 Å². The summed E-state index contributed by atoms with van der Waals surface area (Å²) in [5.41, 5.74) is 0.489. The van der Waals surface area contributed by atoms with Crippen LogP contribution in [0.5, 0.6) is 0 Å². The second kappa shape index (κ2) is 6.96. The molecule has 4 rings (SSSR count). The number of nitrogens with zero attached hydrogens (tertiary/aromatic N) is 2. The standard InChI is InChI=1S/C22H21N3O3/c1-2-14-24-20(27)17-10-6-7-11-18(17)25-19(26)12-13-22(24,25)21(28)23-15-16-8-4-3-5-9-16/h2-11H,1,12-15H2,(H,23,28). The predicted octanol–water partition coefficient (Wildman–Crippen LogP) is 2.47. The van der Waals surface area contributed by atoms with Crippen molar-refractivity contribution < 1.29 is 14.4 Å². The quantitative estimate of drug-likeness (QED) is 0.817. The molecule has 0 aliphatic carbocycles. The zero-order valence-corrected chi connectivity index (χ0v) is 15.4. The second-order valence-electron chi connectivity index (χ2n) is 6.94. The van der Waals surface area contributed by atoms with Crippen LogP contribution >= 0.6 is 0 Å². The minimum atomic E-state index is -1.37. The molecule has 0 spiro atoms. The largest absolute Gasteiger partial charge is 0.348 e. The molecule has 1 unspecified atom stereocenters. The first-order valence-electron chi connectivity index (χ1n) is 9.27. The topological polar surface area (TPSA) is 69.7 Å². The molecule has 1 saturated heterocycles. The van der Waals surface area contributed by atoms with Crippen LogP contribution in [0.2, 0.25) is 0 Å². The number of hydrogen-bond acceptors (Lipinski definition) is 3. The maximum Gasteiger partial charge on any atom is 0.267 e. The summed E-state index contributed by atoms with van der Waals surface area (Å²) < 4.78 is 0. The van der Waals surface area contributed by atoms with Crippen LogP contribution in [-0.4, -0.2) is 34.8 Å². The minimum Gasteiger partial charge on any atom is -0.348 e. The molecule has 2 aromatic rings. The third kappa shape index (κ3) is 2.60. The number of hydrogen-bond donors (Lipinski definition) is 1. The summed E-state index contributed by atoms with van der Waals surface area (Å²) in [4.78, 5) is 42.4. The van der Waals surface area contributed by atoms with Gasteiger partial charge in [-0.3, -0.25) is 19.3 Å². The summed E-state index contributed by atoms with van der Waals surface area (Å²) in [6, 6.07) is 16.5. The molecular formula is C22H21N3O3. The zero-order chi connectivity index (χ0) is 19.7. The zero-order valence-electron chi connectivity index (χ0n) is 15.4. The number of rotatable bonds is 5. The average Bonchev–Trinajstić information content (AvgIpc) is 3.08. The molecular weight excluding hydrogens is 354 g/mol. The number of amides is 3. The molecule has 2 heterocycles. The molecule has 0 aromatic heterocycles. The maximum absolute atomic E-state index is 13.4. The Hall–Kier alpha value is -3.41. The van der Waals surface area contributed by atoms with Crippen LogP contribution in [0.4, 0.5) is 5.69 Å². The van der Waals surface area contributed by atoms with Gasteiger partial charge in [-0.1, -0.05) is 48.5 Å². The second-order valence-corrected chi connectivity index (χ2v) is 6.94. The van der Waals surface area contributed by atoms with E-state index in [-0.39, 0.29) is 37.1 Å². The van der Waals surface area contributed by atoms with Gasteiger partial charge in [-0.05, 0) is 17.7 Å². The molecule has 0 bridgehead atoms. The van der Waals surface area contributed by atoms with E-state index in [9.17, 15) is 14.4 Å². The molecule has 28 heavy (non-hydrogen) atoms. The van der Waals surface area contributed by atoms with E-state index in [1.165, 1.54) is 9.80 Å². The number of para-hydroxylation sites is 1. The fraction of sp³-hybridized carbons (Fsp3) is 0.227. The third-order valence-electron chi connectivity index (χ3n) is 5.35. The van der Waals surface area contributed by atoms with Gasteiger partial charge in [0, 0.05) is 25.9 Å². The Morgan fingerprint density at radius 1 is 1.11 bits per heavy atom. The van der Waals surface area contributed by atoms with Crippen LogP contribution in [0.3, 0.4) is 0 Å². The number of benzene rings is 2. The van der Waals surface area contributed by atoms with Crippen molar-refractivity contribution in [2.45, 2.75) is 25.0 Å². The lowest BCUT2D eigenvalue weighted by molar-refractivity contribution is -0.133. The molecule has 3 amide bonds. The number of anilines is 1. The van der Waals surface area contributed by atoms with Gasteiger partial charge in [-0.15, -0.1) is 6.58 Å². The highest BCUT2D eigenvalue weighted by molar-refractivity contribution is 6.16. The Balaban J connectivity index is 1.76. The van der Waals surface area contributed by atoms with Crippen LogP contribution < -0.4 is 10.2 Å². The number of fused-ring (bicyclic) bond motifs is 3. The fourth-order valence-corrected chi connectivity index (χ4v) is 4.08. The molecule has 2 aliphatic rings. The first-order valence-corrected chi connectivity index (χ1v) is 9.27. The molecule has 2 aliphatic heterocycles. The lowest BCUT2D eigenvalue weighted by atomic mass is 9.95. The molecule has 142 valence electrons. The summed E-state index contributed by atoms with van der Waals surface area (Å²) in [5.74, 6) is -0.785. The van der Waals surface area contributed by atoms with Crippen molar-refractivity contribution in [3.8, 4) is 0 Å². The van der Waals surface area contributed by atoms with Gasteiger partial charge < -0.3 is 10.2 Å². The van der Waals surface area contributed by atoms with Crippen molar-refractivity contribution in [1.82, 2.24) is 10.2 Å². The van der Waals surface area contributed by atoms with Crippen molar-refractivity contribution in [1.29, 1.82) is 0 Å². The lowest BCUT2D eigenvalue weighted by Crippen LogP contribution is -2.70. The van der Waals surface area contributed by atoms with E-state index < -0.39 is 5.66 Å². The van der Waals surface area contributed by atoms with E-state index in [0.717, 1.165) is 5.56 Å². The Morgan fingerprint density at radius 3 is 2.57 bits per heavy atom. The SMILES string of the molecule is C=CCN1C(=O)c2ccccc2N2C(=O)CCC12C(=O)NCc1ccccc1. The fourth-order valence-electron chi connectivity index (χ4n) is 4.08. The number of nitrogens with one attached hydrogen (secondary N) is 1. The van der Waals surface area contributed by atoms with Crippen molar-refractivity contribution in [3.63, 3.8) is 0 Å². The highest BCUT2D eigenvalue weighted by Crippen LogP contribution is 2.44. The van der Waals surface area contributed by atoms with Crippen LogP contribution in [0, 0.1) is 0 Å². The van der Waals surface area contributed by atoms with Gasteiger partial charge in [0.2, 0.25) is 11.6 Å². The summed E-state index contributed by atoms with van der Waals surface area (Å²) >= 11 is 0. The minimum absolute atomic E-state index is 0.163. The Kier molecular flexibility index (Phi) is 4.47. The number of carbonyl (C=O) groups excluding carboxylic acids is 3. The first-order chi connectivity index (χ1) is 13.6. The molecule has 1 fully saturated rings. The summed E-state index contributed by atoms with van der Waals surface area (Å²) in [5, 5.41) is 2.93. The highest BCUT2D eigenvalue weighted by atomic mass is 16.2. The molecule has 6 nitrogen and oxygen atoms in total. The van der Waals surface area contributed by atoms with E-state index in [4.69, 9.17) is 0 Å². The predicted molar refractivity (Wildman–Crippen MR) is 105 cm³/mol. The van der Waals surface area contributed by atoms with Gasteiger partial charge in [0.15, 0.2) is 0 Å². The molecule has 2 aromatic carbocycles. The molecule has 1 N–H and O–H groups in total. The van der Waals surface area contributed by atoms with Gasteiger partial charge in [-0.25, -0.2) is 0 Å². The van der Waals surface area contributed by atoms with Gasteiger partial charge in [0.25, 0.3) is 11.8 Å². The van der Waals surface area contributed by atoms with Crippen LogP contribution in [0.15, 0.2) is 67.3 Å². The smallest absolute Gasteiger partial charge is 0.267 e. The highest BCUT2D eigenvalue weighted by Gasteiger charge is 2.60. The van der Waals surface area contributed by atoms with Crippen molar-refractivity contribution in [2.75, 3.05) is 11.4 Å². The van der Waals surface area contributed by atoms with Crippen molar-refractivity contribution in [3.05, 3.63) is 78.4 Å². The van der Waals surface area contributed by atoms with E-state index in [1.807, 2.05) is 30.3 Å². The van der Waals surface area contributed by atoms with Gasteiger partial charge >= 0.3 is 0 Å². The van der Waals surface area contributed by atoms with Gasteiger partial charge in [0.05, 0.1) is 11.3 Å². The first kappa shape index (κ1) is 18.0. The Bertz CT molecular complexity index is 957.